The first-order valence-electron chi connectivity index (χ1n) is 10.3. The average molecular weight is 430 g/mol. The Labute approximate surface area is 183 Å². The topological polar surface area (TPSA) is 118 Å². The number of nitrogens with one attached hydrogen (secondary N) is 3. The minimum Gasteiger partial charge on any atom is -0.339 e. The van der Waals surface area contributed by atoms with Gasteiger partial charge in [-0.3, -0.25) is 14.3 Å². The minimum atomic E-state index is -0.232. The molecule has 32 heavy (non-hydrogen) atoms. The molecule has 3 heterocycles. The summed E-state index contributed by atoms with van der Waals surface area (Å²) in [5.41, 5.74) is 3.31. The molecule has 1 fully saturated rings. The lowest BCUT2D eigenvalue weighted by Gasteiger charge is -2.09. The number of imidazole rings is 1. The number of amides is 2. The summed E-state index contributed by atoms with van der Waals surface area (Å²) >= 11 is 0. The van der Waals surface area contributed by atoms with E-state index >= 15 is 0 Å². The molecule has 10 nitrogen and oxygen atoms in total. The highest BCUT2D eigenvalue weighted by atomic mass is 16.2. The molecule has 0 atom stereocenters. The maximum absolute atomic E-state index is 12.5. The van der Waals surface area contributed by atoms with Crippen LogP contribution < -0.4 is 16.0 Å². The third-order valence-corrected chi connectivity index (χ3v) is 5.15. The van der Waals surface area contributed by atoms with Gasteiger partial charge < -0.3 is 16.0 Å². The second-order valence-electron chi connectivity index (χ2n) is 7.87. The molecule has 2 amide bonds. The van der Waals surface area contributed by atoms with Gasteiger partial charge in [-0.1, -0.05) is 6.07 Å². The molecule has 5 rings (SSSR count). The van der Waals surface area contributed by atoms with Crippen LogP contribution in [0.2, 0.25) is 0 Å². The van der Waals surface area contributed by atoms with E-state index in [2.05, 4.69) is 31.1 Å². The Hall–Kier alpha value is -4.21. The molecule has 3 aromatic heterocycles. The zero-order valence-electron chi connectivity index (χ0n) is 17.7. The molecule has 4 aromatic rings. The fraction of sp³-hybridized carbons (Fsp3) is 0.227. The molecule has 0 bridgehead atoms. The van der Waals surface area contributed by atoms with E-state index in [1.165, 1.54) is 0 Å². The zero-order chi connectivity index (χ0) is 22.2. The van der Waals surface area contributed by atoms with Gasteiger partial charge in [0.15, 0.2) is 17.3 Å². The number of hydrogen-bond acceptors (Lipinski definition) is 6. The summed E-state index contributed by atoms with van der Waals surface area (Å²) in [6.45, 7) is 1.84. The lowest BCUT2D eigenvalue weighted by Crippen LogP contribution is -2.16. The lowest BCUT2D eigenvalue weighted by atomic mass is 10.2. The van der Waals surface area contributed by atoms with Gasteiger partial charge in [-0.2, -0.15) is 5.10 Å². The van der Waals surface area contributed by atoms with Gasteiger partial charge in [0, 0.05) is 24.3 Å². The van der Waals surface area contributed by atoms with Crippen LogP contribution >= 0.6 is 0 Å². The van der Waals surface area contributed by atoms with E-state index in [-0.39, 0.29) is 17.7 Å². The zero-order valence-corrected chi connectivity index (χ0v) is 17.7. The van der Waals surface area contributed by atoms with Crippen molar-refractivity contribution in [2.45, 2.75) is 19.8 Å². The molecule has 1 aromatic carbocycles. The smallest absolute Gasteiger partial charge is 0.273 e. The number of nitrogens with zero attached hydrogens (tertiary/aromatic N) is 5. The predicted octanol–water partition coefficient (Wildman–Crippen LogP) is 3.12. The van der Waals surface area contributed by atoms with Crippen LogP contribution in [-0.4, -0.2) is 36.2 Å². The summed E-state index contributed by atoms with van der Waals surface area (Å²) in [5.74, 6) is 0.970. The SMILES string of the molecule is Cc1cc(C(=O)Nc2cccc(Nc3ccc4nc(NC(=O)C5CC5)cn4n3)c2)n(C)n1. The van der Waals surface area contributed by atoms with Crippen molar-refractivity contribution in [3.8, 4) is 0 Å². The maximum atomic E-state index is 12.5. The Morgan fingerprint density at radius 1 is 1.00 bits per heavy atom. The maximum Gasteiger partial charge on any atom is 0.273 e. The Morgan fingerprint density at radius 2 is 1.81 bits per heavy atom. The highest BCUT2D eigenvalue weighted by Gasteiger charge is 2.30. The number of anilines is 4. The van der Waals surface area contributed by atoms with E-state index in [1.807, 2.05) is 37.3 Å². The van der Waals surface area contributed by atoms with Crippen molar-refractivity contribution in [3.05, 3.63) is 60.0 Å². The summed E-state index contributed by atoms with van der Waals surface area (Å²) in [6, 6.07) is 12.7. The quantitative estimate of drug-likeness (QED) is 0.433. The largest absolute Gasteiger partial charge is 0.339 e. The second-order valence-corrected chi connectivity index (χ2v) is 7.87. The van der Waals surface area contributed by atoms with E-state index in [1.54, 1.807) is 34.6 Å². The van der Waals surface area contributed by atoms with E-state index in [0.29, 0.717) is 28.7 Å². The number of benzene rings is 1. The summed E-state index contributed by atoms with van der Waals surface area (Å²) in [6.07, 6.45) is 3.56. The number of carbonyl (C=O) groups excluding carboxylic acids is 2. The molecule has 162 valence electrons. The molecule has 0 saturated heterocycles. The van der Waals surface area contributed by atoms with Gasteiger partial charge in [-0.15, -0.1) is 5.10 Å². The van der Waals surface area contributed by atoms with Crippen LogP contribution in [0.4, 0.5) is 23.0 Å². The minimum absolute atomic E-state index is 0.00639. The van der Waals surface area contributed by atoms with Crippen LogP contribution in [0.1, 0.15) is 29.0 Å². The number of aromatic nitrogens is 5. The van der Waals surface area contributed by atoms with Crippen molar-refractivity contribution in [2.24, 2.45) is 13.0 Å². The van der Waals surface area contributed by atoms with Gasteiger partial charge in [0.25, 0.3) is 5.91 Å². The van der Waals surface area contributed by atoms with Crippen LogP contribution in [0.5, 0.6) is 0 Å². The molecular formula is C22H22N8O2. The normalized spacial score (nSPS) is 13.2. The van der Waals surface area contributed by atoms with Gasteiger partial charge in [0.2, 0.25) is 5.91 Å². The van der Waals surface area contributed by atoms with Gasteiger partial charge in [0.05, 0.1) is 11.9 Å². The number of fused-ring (bicyclic) bond motifs is 1. The molecule has 0 unspecified atom stereocenters. The van der Waals surface area contributed by atoms with E-state index < -0.39 is 0 Å². The predicted molar refractivity (Wildman–Crippen MR) is 120 cm³/mol. The second kappa shape index (κ2) is 7.80. The monoisotopic (exact) mass is 430 g/mol. The molecule has 1 aliphatic rings. The molecular weight excluding hydrogens is 408 g/mol. The number of aryl methyl sites for hydroxylation is 2. The number of carbonyl (C=O) groups is 2. The van der Waals surface area contributed by atoms with Crippen molar-refractivity contribution in [1.29, 1.82) is 0 Å². The summed E-state index contributed by atoms with van der Waals surface area (Å²) in [4.78, 5) is 28.9. The molecule has 0 spiro atoms. The lowest BCUT2D eigenvalue weighted by molar-refractivity contribution is -0.117. The Kier molecular flexibility index (Phi) is 4.81. The van der Waals surface area contributed by atoms with Crippen LogP contribution in [0.25, 0.3) is 5.65 Å². The van der Waals surface area contributed by atoms with Crippen molar-refractivity contribution in [3.63, 3.8) is 0 Å². The molecule has 10 heteroatoms. The number of rotatable bonds is 6. The third-order valence-electron chi connectivity index (χ3n) is 5.15. The van der Waals surface area contributed by atoms with Gasteiger partial charge >= 0.3 is 0 Å². The summed E-state index contributed by atoms with van der Waals surface area (Å²) < 4.78 is 3.17. The summed E-state index contributed by atoms with van der Waals surface area (Å²) in [5, 5.41) is 17.7. The van der Waals surface area contributed by atoms with E-state index in [0.717, 1.165) is 24.2 Å². The van der Waals surface area contributed by atoms with Gasteiger partial charge in [-0.05, 0) is 56.2 Å². The van der Waals surface area contributed by atoms with E-state index in [4.69, 9.17) is 0 Å². The Bertz CT molecular complexity index is 1330. The average Bonchev–Trinajstić information content (AvgIpc) is 3.44. The molecule has 1 aliphatic carbocycles. The standard InChI is InChI=1S/C22H22N8O2/c1-13-10-17(29(2)27-13)22(32)24-16-5-3-4-15(11-16)23-18-8-9-20-25-19(12-30(20)28-18)26-21(31)14-6-7-14/h3-5,8-12,14H,6-7H2,1-2H3,(H,23,28)(H,24,32)(H,26,31). The Morgan fingerprint density at radius 3 is 2.56 bits per heavy atom. The van der Waals surface area contributed by atoms with Crippen LogP contribution in [0.3, 0.4) is 0 Å². The fourth-order valence-electron chi connectivity index (χ4n) is 3.42. The van der Waals surface area contributed by atoms with Crippen molar-refractivity contribution < 1.29 is 9.59 Å². The number of hydrogen-bond donors (Lipinski definition) is 3. The fourth-order valence-corrected chi connectivity index (χ4v) is 3.42. The Balaban J connectivity index is 1.29. The van der Waals surface area contributed by atoms with E-state index in [9.17, 15) is 9.59 Å². The molecule has 3 N–H and O–H groups in total. The highest BCUT2D eigenvalue weighted by Crippen LogP contribution is 2.30. The van der Waals surface area contributed by atoms with Crippen molar-refractivity contribution in [2.75, 3.05) is 16.0 Å². The van der Waals surface area contributed by atoms with Gasteiger partial charge in [-0.25, -0.2) is 9.50 Å². The summed E-state index contributed by atoms with van der Waals surface area (Å²) in [7, 11) is 1.74. The first-order valence-corrected chi connectivity index (χ1v) is 10.3. The van der Waals surface area contributed by atoms with Crippen molar-refractivity contribution >= 4 is 40.5 Å². The first kappa shape index (κ1) is 19.7. The van der Waals surface area contributed by atoms with Gasteiger partial charge in [0.1, 0.15) is 5.69 Å². The molecule has 1 saturated carbocycles. The molecule has 0 aliphatic heterocycles. The third kappa shape index (κ3) is 4.15. The highest BCUT2D eigenvalue weighted by molar-refractivity contribution is 6.03. The molecule has 0 radical (unpaired) electrons. The van der Waals surface area contributed by atoms with Crippen molar-refractivity contribution in [1.82, 2.24) is 24.4 Å². The van der Waals surface area contributed by atoms with Crippen LogP contribution in [-0.2, 0) is 11.8 Å². The first-order chi connectivity index (χ1) is 15.4. The van der Waals surface area contributed by atoms with Crippen LogP contribution in [0.15, 0.2) is 48.7 Å². The van der Waals surface area contributed by atoms with Crippen LogP contribution in [0, 0.1) is 12.8 Å².